The summed E-state index contributed by atoms with van der Waals surface area (Å²) in [5.74, 6) is -0.511. The number of benzene rings is 1. The van der Waals surface area contributed by atoms with E-state index < -0.39 is 11.9 Å². The first kappa shape index (κ1) is 15.2. The van der Waals surface area contributed by atoms with Gasteiger partial charge in [0, 0.05) is 6.54 Å². The Morgan fingerprint density at radius 3 is 2.72 bits per heavy atom. The maximum atomic E-state index is 13.5. The fourth-order valence-corrected chi connectivity index (χ4v) is 1.45. The summed E-state index contributed by atoms with van der Waals surface area (Å²) < 4.78 is 18.9. The number of aliphatic hydroxyl groups excluding tert-OH is 1. The van der Waals surface area contributed by atoms with Crippen molar-refractivity contribution >= 4 is 17.3 Å². The summed E-state index contributed by atoms with van der Waals surface area (Å²) in [6, 6.07) is 4.69. The van der Waals surface area contributed by atoms with Crippen molar-refractivity contribution in [2.75, 3.05) is 18.5 Å². The van der Waals surface area contributed by atoms with Crippen molar-refractivity contribution in [1.29, 1.82) is 0 Å². The topological polar surface area (TPSA) is 41.5 Å². The zero-order valence-corrected chi connectivity index (χ0v) is 11.6. The van der Waals surface area contributed by atoms with Crippen LogP contribution in [0.1, 0.15) is 20.8 Å². The molecule has 0 saturated carbocycles. The molecular weight excluding hydrogens is 257 g/mol. The Bertz CT molecular complexity index is 393. The van der Waals surface area contributed by atoms with Gasteiger partial charge < -0.3 is 15.2 Å². The molecule has 0 spiro atoms. The van der Waals surface area contributed by atoms with Gasteiger partial charge in [-0.05, 0) is 32.9 Å². The molecule has 0 heterocycles. The first-order chi connectivity index (χ1) is 8.29. The molecule has 0 aromatic heterocycles. The average Bonchev–Trinajstić information content (AvgIpc) is 2.27. The summed E-state index contributed by atoms with van der Waals surface area (Å²) in [5.41, 5.74) is -0.0280. The number of rotatable bonds is 5. The maximum absolute atomic E-state index is 13.5. The van der Waals surface area contributed by atoms with Crippen LogP contribution < -0.4 is 5.32 Å². The molecule has 0 radical (unpaired) electrons. The van der Waals surface area contributed by atoms with E-state index >= 15 is 0 Å². The van der Waals surface area contributed by atoms with Crippen molar-refractivity contribution in [3.63, 3.8) is 0 Å². The van der Waals surface area contributed by atoms with Crippen LogP contribution in [0.15, 0.2) is 18.2 Å². The predicted octanol–water partition coefficient (Wildman–Crippen LogP) is 3.07. The van der Waals surface area contributed by atoms with E-state index in [1.54, 1.807) is 12.1 Å². The highest BCUT2D eigenvalue weighted by Gasteiger charge is 2.14. The fourth-order valence-electron chi connectivity index (χ4n) is 1.27. The summed E-state index contributed by atoms with van der Waals surface area (Å²) in [4.78, 5) is 0. The van der Waals surface area contributed by atoms with Crippen molar-refractivity contribution in [3.05, 3.63) is 29.0 Å². The van der Waals surface area contributed by atoms with Gasteiger partial charge in [-0.15, -0.1) is 0 Å². The highest BCUT2D eigenvalue weighted by atomic mass is 35.5. The minimum absolute atomic E-state index is 0.0560. The molecule has 18 heavy (non-hydrogen) atoms. The molecule has 0 aliphatic rings. The van der Waals surface area contributed by atoms with E-state index in [0.29, 0.717) is 0 Å². The predicted molar refractivity (Wildman–Crippen MR) is 71.6 cm³/mol. The van der Waals surface area contributed by atoms with E-state index in [4.69, 9.17) is 16.3 Å². The molecule has 2 N–H and O–H groups in total. The Kier molecular flexibility index (Phi) is 5.38. The number of anilines is 1. The van der Waals surface area contributed by atoms with Gasteiger partial charge in [0.05, 0.1) is 29.0 Å². The molecule has 1 rings (SSSR count). The highest BCUT2D eigenvalue weighted by molar-refractivity contribution is 6.31. The quantitative estimate of drug-likeness (QED) is 0.868. The molecule has 0 fully saturated rings. The summed E-state index contributed by atoms with van der Waals surface area (Å²) in [7, 11) is 0. The molecule has 5 heteroatoms. The number of nitrogens with one attached hydrogen (secondary N) is 1. The Morgan fingerprint density at radius 2 is 2.11 bits per heavy atom. The van der Waals surface area contributed by atoms with E-state index in [2.05, 4.69) is 5.32 Å². The summed E-state index contributed by atoms with van der Waals surface area (Å²) in [5, 5.41) is 12.5. The number of ether oxygens (including phenoxy) is 1. The van der Waals surface area contributed by atoms with E-state index in [-0.39, 0.29) is 29.5 Å². The lowest BCUT2D eigenvalue weighted by molar-refractivity contribution is -0.0449. The Hall–Kier alpha value is -0.840. The second-order valence-corrected chi connectivity index (χ2v) is 5.47. The van der Waals surface area contributed by atoms with Gasteiger partial charge in [-0.2, -0.15) is 0 Å². The van der Waals surface area contributed by atoms with Crippen LogP contribution in [-0.2, 0) is 4.74 Å². The second-order valence-electron chi connectivity index (χ2n) is 5.06. The average molecular weight is 276 g/mol. The third kappa shape index (κ3) is 5.21. The minimum Gasteiger partial charge on any atom is -0.389 e. The second kappa shape index (κ2) is 6.36. The Balaban J connectivity index is 2.43. The lowest BCUT2D eigenvalue weighted by atomic mass is 10.2. The number of hydrogen-bond acceptors (Lipinski definition) is 3. The summed E-state index contributed by atoms with van der Waals surface area (Å²) in [6.45, 7) is 6.11. The van der Waals surface area contributed by atoms with Crippen LogP contribution in [0.3, 0.4) is 0 Å². The van der Waals surface area contributed by atoms with Crippen LogP contribution in [0.2, 0.25) is 5.02 Å². The molecule has 1 aromatic carbocycles. The van der Waals surface area contributed by atoms with Crippen molar-refractivity contribution in [2.24, 2.45) is 0 Å². The largest absolute Gasteiger partial charge is 0.389 e. The lowest BCUT2D eigenvalue weighted by Gasteiger charge is -2.22. The van der Waals surface area contributed by atoms with E-state index in [9.17, 15) is 9.50 Å². The molecule has 1 aromatic rings. The van der Waals surface area contributed by atoms with Crippen LogP contribution >= 0.6 is 11.6 Å². The number of halogens is 2. The standard InChI is InChI=1S/C13H19ClFNO2/c1-13(2,3)18-8-9(17)7-16-11-6-4-5-10(14)12(11)15/h4-6,9,16-17H,7-8H2,1-3H3. The normalized spacial score (nSPS) is 13.4. The monoisotopic (exact) mass is 275 g/mol. The van der Waals surface area contributed by atoms with Gasteiger partial charge >= 0.3 is 0 Å². The molecule has 0 aliphatic heterocycles. The molecule has 0 aliphatic carbocycles. The van der Waals surface area contributed by atoms with Crippen molar-refractivity contribution < 1.29 is 14.2 Å². The fraction of sp³-hybridized carbons (Fsp3) is 0.538. The number of hydrogen-bond donors (Lipinski definition) is 2. The van der Waals surface area contributed by atoms with Gasteiger partial charge in [0.1, 0.15) is 0 Å². The van der Waals surface area contributed by atoms with Crippen molar-refractivity contribution in [3.8, 4) is 0 Å². The van der Waals surface area contributed by atoms with Crippen molar-refractivity contribution in [1.82, 2.24) is 0 Å². The van der Waals surface area contributed by atoms with Gasteiger partial charge in [-0.1, -0.05) is 17.7 Å². The molecule has 3 nitrogen and oxygen atoms in total. The maximum Gasteiger partial charge on any atom is 0.164 e. The van der Waals surface area contributed by atoms with Crippen LogP contribution in [-0.4, -0.2) is 30.0 Å². The highest BCUT2D eigenvalue weighted by Crippen LogP contribution is 2.21. The first-order valence-corrected chi connectivity index (χ1v) is 6.17. The Morgan fingerprint density at radius 1 is 1.44 bits per heavy atom. The molecule has 1 unspecified atom stereocenters. The SMILES string of the molecule is CC(C)(C)OCC(O)CNc1cccc(Cl)c1F. The van der Waals surface area contributed by atoms with Gasteiger partial charge in [0.2, 0.25) is 0 Å². The van der Waals surface area contributed by atoms with Crippen LogP contribution in [0.4, 0.5) is 10.1 Å². The van der Waals surface area contributed by atoms with Gasteiger partial charge in [0.15, 0.2) is 5.82 Å². The summed E-state index contributed by atoms with van der Waals surface area (Å²) in [6.07, 6.45) is -0.706. The number of aliphatic hydroxyl groups is 1. The molecule has 0 bridgehead atoms. The third-order valence-corrected chi connectivity index (χ3v) is 2.48. The van der Waals surface area contributed by atoms with Gasteiger partial charge in [-0.25, -0.2) is 4.39 Å². The molecule has 0 amide bonds. The Labute approximate surface area is 112 Å². The van der Waals surface area contributed by atoms with Gasteiger partial charge in [-0.3, -0.25) is 0 Å². The summed E-state index contributed by atoms with van der Waals surface area (Å²) >= 11 is 5.65. The van der Waals surface area contributed by atoms with Crippen LogP contribution in [0.25, 0.3) is 0 Å². The molecule has 1 atom stereocenters. The minimum atomic E-state index is -0.706. The lowest BCUT2D eigenvalue weighted by Crippen LogP contribution is -2.30. The van der Waals surface area contributed by atoms with E-state index in [1.807, 2.05) is 20.8 Å². The third-order valence-electron chi connectivity index (χ3n) is 2.19. The van der Waals surface area contributed by atoms with Gasteiger partial charge in [0.25, 0.3) is 0 Å². The molecule has 0 saturated heterocycles. The smallest absolute Gasteiger partial charge is 0.164 e. The van der Waals surface area contributed by atoms with Crippen molar-refractivity contribution in [2.45, 2.75) is 32.5 Å². The zero-order chi connectivity index (χ0) is 13.8. The van der Waals surface area contributed by atoms with Crippen LogP contribution in [0.5, 0.6) is 0 Å². The molecular formula is C13H19ClFNO2. The molecule has 102 valence electrons. The first-order valence-electron chi connectivity index (χ1n) is 5.79. The van der Waals surface area contributed by atoms with Crippen LogP contribution in [0, 0.1) is 5.82 Å². The van der Waals surface area contributed by atoms with E-state index in [1.165, 1.54) is 6.07 Å². The zero-order valence-electron chi connectivity index (χ0n) is 10.8. The van der Waals surface area contributed by atoms with E-state index in [0.717, 1.165) is 0 Å².